The van der Waals surface area contributed by atoms with Crippen molar-refractivity contribution in [1.82, 2.24) is 10.2 Å². The van der Waals surface area contributed by atoms with Crippen molar-refractivity contribution in [1.29, 1.82) is 0 Å². The largest absolute Gasteiger partial charge is 0.476 e. The number of hydrogen-bond donors (Lipinski definition) is 2. The summed E-state index contributed by atoms with van der Waals surface area (Å²) in [6, 6.07) is 1.53. The van der Waals surface area contributed by atoms with Crippen molar-refractivity contribution >= 4 is 5.97 Å². The van der Waals surface area contributed by atoms with Crippen LogP contribution < -0.4 is 0 Å². The van der Waals surface area contributed by atoms with Gasteiger partial charge >= 0.3 is 5.97 Å². The molecule has 5 nitrogen and oxygen atoms in total. The first kappa shape index (κ1) is 8.25. The number of aromatic amines is 1. The number of H-pyrrole nitrogens is 1. The van der Waals surface area contributed by atoms with E-state index in [4.69, 9.17) is 9.84 Å². The zero-order valence-electron chi connectivity index (χ0n) is 6.99. The molecule has 1 atom stereocenters. The molecule has 70 valence electrons. The number of aromatic nitrogens is 2. The molecule has 0 aromatic carbocycles. The van der Waals surface area contributed by atoms with Crippen LogP contribution in [0.4, 0.5) is 0 Å². The maximum atomic E-state index is 10.5. The lowest BCUT2D eigenvalue weighted by Crippen LogP contribution is -1.96. The minimum Gasteiger partial charge on any atom is -0.476 e. The van der Waals surface area contributed by atoms with Crippen LogP contribution in [-0.4, -0.2) is 27.9 Å². The number of carboxylic acid groups (broad SMARTS) is 1. The van der Waals surface area contributed by atoms with Gasteiger partial charge in [0.05, 0.1) is 11.8 Å². The molecule has 2 rings (SSSR count). The molecule has 2 N–H and O–H groups in total. The highest BCUT2D eigenvalue weighted by Gasteiger charge is 2.20. The van der Waals surface area contributed by atoms with Crippen molar-refractivity contribution in [3.8, 4) is 0 Å². The molecule has 0 radical (unpaired) electrons. The Labute approximate surface area is 74.7 Å². The van der Waals surface area contributed by atoms with E-state index >= 15 is 0 Å². The maximum Gasteiger partial charge on any atom is 0.356 e. The Morgan fingerprint density at radius 1 is 1.77 bits per heavy atom. The van der Waals surface area contributed by atoms with Crippen LogP contribution in [-0.2, 0) is 4.74 Å². The van der Waals surface area contributed by atoms with Gasteiger partial charge < -0.3 is 9.84 Å². The van der Waals surface area contributed by atoms with Crippen molar-refractivity contribution < 1.29 is 14.6 Å². The number of nitrogens with one attached hydrogen (secondary N) is 1. The van der Waals surface area contributed by atoms with Gasteiger partial charge in [0.25, 0.3) is 0 Å². The van der Waals surface area contributed by atoms with Crippen LogP contribution in [0, 0.1) is 0 Å². The van der Waals surface area contributed by atoms with Crippen LogP contribution in [0.3, 0.4) is 0 Å². The van der Waals surface area contributed by atoms with Crippen molar-refractivity contribution in [2.45, 2.75) is 18.9 Å². The molecular formula is C8H10N2O3. The number of nitrogens with zero attached hydrogens (tertiary/aromatic N) is 1. The summed E-state index contributed by atoms with van der Waals surface area (Å²) in [6.45, 7) is 0.742. The van der Waals surface area contributed by atoms with Crippen LogP contribution in [0.25, 0.3) is 0 Å². The monoisotopic (exact) mass is 182 g/mol. The van der Waals surface area contributed by atoms with Crippen LogP contribution in [0.1, 0.15) is 35.1 Å². The topological polar surface area (TPSA) is 75.2 Å². The summed E-state index contributed by atoms with van der Waals surface area (Å²) >= 11 is 0. The van der Waals surface area contributed by atoms with E-state index in [1.165, 1.54) is 6.07 Å². The van der Waals surface area contributed by atoms with Gasteiger partial charge in [-0.05, 0) is 18.9 Å². The maximum absolute atomic E-state index is 10.5. The Bertz CT molecular complexity index is 315. The van der Waals surface area contributed by atoms with Gasteiger partial charge in [0, 0.05) is 6.61 Å². The third-order valence-electron chi connectivity index (χ3n) is 2.09. The van der Waals surface area contributed by atoms with Gasteiger partial charge in [0.15, 0.2) is 5.69 Å². The van der Waals surface area contributed by atoms with E-state index < -0.39 is 5.97 Å². The van der Waals surface area contributed by atoms with Gasteiger partial charge in [-0.3, -0.25) is 5.10 Å². The predicted molar refractivity (Wildman–Crippen MR) is 43.5 cm³/mol. The minimum atomic E-state index is -1.01. The van der Waals surface area contributed by atoms with E-state index in [9.17, 15) is 4.79 Å². The highest BCUT2D eigenvalue weighted by molar-refractivity contribution is 5.85. The molecular weight excluding hydrogens is 172 g/mol. The Kier molecular flexibility index (Phi) is 2.02. The van der Waals surface area contributed by atoms with Crippen LogP contribution in [0.15, 0.2) is 6.07 Å². The first-order valence-corrected chi connectivity index (χ1v) is 4.17. The van der Waals surface area contributed by atoms with E-state index in [-0.39, 0.29) is 11.8 Å². The number of hydrogen-bond acceptors (Lipinski definition) is 3. The average molecular weight is 182 g/mol. The third kappa shape index (κ3) is 1.55. The van der Waals surface area contributed by atoms with Gasteiger partial charge in [-0.1, -0.05) is 0 Å². The van der Waals surface area contributed by atoms with Crippen molar-refractivity contribution in [2.75, 3.05) is 6.61 Å². The normalized spacial score (nSPS) is 22.0. The third-order valence-corrected chi connectivity index (χ3v) is 2.09. The summed E-state index contributed by atoms with van der Waals surface area (Å²) in [7, 11) is 0. The van der Waals surface area contributed by atoms with Gasteiger partial charge in [-0.15, -0.1) is 0 Å². The first-order valence-electron chi connectivity index (χ1n) is 4.17. The standard InChI is InChI=1S/C8H10N2O3/c11-8(12)6-4-5(9-10-6)7-2-1-3-13-7/h4,7H,1-3H2,(H,9,10)(H,11,12). The second-order valence-corrected chi connectivity index (χ2v) is 3.02. The molecule has 0 bridgehead atoms. The predicted octanol–water partition coefficient (Wildman–Crippen LogP) is 0.959. The highest BCUT2D eigenvalue weighted by Crippen LogP contribution is 2.27. The number of carboxylic acids is 1. The smallest absolute Gasteiger partial charge is 0.356 e. The van der Waals surface area contributed by atoms with E-state index in [2.05, 4.69) is 10.2 Å². The lowest BCUT2D eigenvalue weighted by molar-refractivity contribution is 0.0690. The molecule has 0 spiro atoms. The molecule has 1 aliphatic rings. The summed E-state index contributed by atoms with van der Waals surface area (Å²) in [4.78, 5) is 10.5. The molecule has 5 heteroatoms. The Morgan fingerprint density at radius 3 is 3.15 bits per heavy atom. The van der Waals surface area contributed by atoms with Crippen LogP contribution in [0.2, 0.25) is 0 Å². The van der Waals surface area contributed by atoms with Gasteiger partial charge in [0.1, 0.15) is 0 Å². The van der Waals surface area contributed by atoms with Crippen molar-refractivity contribution in [3.63, 3.8) is 0 Å². The fourth-order valence-corrected chi connectivity index (χ4v) is 1.43. The van der Waals surface area contributed by atoms with Crippen LogP contribution >= 0.6 is 0 Å². The van der Waals surface area contributed by atoms with Crippen molar-refractivity contribution in [3.05, 3.63) is 17.5 Å². The lowest BCUT2D eigenvalue weighted by Gasteiger charge is -2.03. The molecule has 0 aliphatic carbocycles. The van der Waals surface area contributed by atoms with Gasteiger partial charge in [-0.2, -0.15) is 5.10 Å². The summed E-state index contributed by atoms with van der Waals surface area (Å²) in [6.07, 6.45) is 1.95. The number of rotatable bonds is 2. The summed E-state index contributed by atoms with van der Waals surface area (Å²) in [5, 5.41) is 14.9. The van der Waals surface area contributed by atoms with E-state index in [0.717, 1.165) is 25.1 Å². The average Bonchev–Trinajstić information content (AvgIpc) is 2.75. The number of aromatic carboxylic acids is 1. The van der Waals surface area contributed by atoms with Crippen molar-refractivity contribution in [2.24, 2.45) is 0 Å². The van der Waals surface area contributed by atoms with Crippen LogP contribution in [0.5, 0.6) is 0 Å². The Hall–Kier alpha value is -1.36. The quantitative estimate of drug-likeness (QED) is 0.714. The lowest BCUT2D eigenvalue weighted by atomic mass is 10.2. The summed E-state index contributed by atoms with van der Waals surface area (Å²) in [5.74, 6) is -1.01. The summed E-state index contributed by atoms with van der Waals surface area (Å²) < 4.78 is 5.37. The Morgan fingerprint density at radius 2 is 2.62 bits per heavy atom. The second kappa shape index (κ2) is 3.18. The molecule has 0 amide bonds. The molecule has 13 heavy (non-hydrogen) atoms. The summed E-state index contributed by atoms with van der Waals surface area (Å²) in [5.41, 5.74) is 0.806. The van der Waals surface area contributed by atoms with E-state index in [1.54, 1.807) is 0 Å². The zero-order valence-corrected chi connectivity index (χ0v) is 6.99. The molecule has 1 unspecified atom stereocenters. The number of carbonyl (C=O) groups is 1. The molecule has 1 saturated heterocycles. The molecule has 0 saturated carbocycles. The second-order valence-electron chi connectivity index (χ2n) is 3.02. The molecule has 1 aromatic heterocycles. The molecule has 1 aliphatic heterocycles. The fourth-order valence-electron chi connectivity index (χ4n) is 1.43. The molecule has 2 heterocycles. The minimum absolute atomic E-state index is 0.000556. The number of ether oxygens (including phenoxy) is 1. The fraction of sp³-hybridized carbons (Fsp3) is 0.500. The molecule has 1 fully saturated rings. The molecule has 1 aromatic rings. The van der Waals surface area contributed by atoms with Gasteiger partial charge in [-0.25, -0.2) is 4.79 Å². The van der Waals surface area contributed by atoms with Gasteiger partial charge in [0.2, 0.25) is 0 Å². The first-order chi connectivity index (χ1) is 6.27. The highest BCUT2D eigenvalue weighted by atomic mass is 16.5. The van der Waals surface area contributed by atoms with E-state index in [0.29, 0.717) is 0 Å². The zero-order chi connectivity index (χ0) is 9.26. The van der Waals surface area contributed by atoms with E-state index in [1.807, 2.05) is 0 Å². The Balaban J connectivity index is 2.16. The SMILES string of the molecule is O=C(O)c1cc(C2CCCO2)[nH]n1.